The molecule has 3 N–H and O–H groups in total. The molecule has 0 aliphatic heterocycles. The van der Waals surface area contributed by atoms with E-state index in [2.05, 4.69) is 9.71 Å². The van der Waals surface area contributed by atoms with Crippen molar-refractivity contribution in [1.29, 1.82) is 0 Å². The van der Waals surface area contributed by atoms with Crippen molar-refractivity contribution in [2.45, 2.75) is 17.2 Å². The van der Waals surface area contributed by atoms with Gasteiger partial charge in [-0.25, -0.2) is 18.1 Å². The summed E-state index contributed by atoms with van der Waals surface area (Å²) in [6, 6.07) is 6.82. The number of thiophene rings is 1. The number of aromatic nitrogens is 1. The molecule has 0 saturated carbocycles. The summed E-state index contributed by atoms with van der Waals surface area (Å²) in [4.78, 5) is 4.94. The van der Waals surface area contributed by atoms with Gasteiger partial charge < -0.3 is 10.5 Å². The van der Waals surface area contributed by atoms with Crippen LogP contribution in [-0.4, -0.2) is 27.1 Å². The number of methoxy groups -OCH3 is 1. The maximum absolute atomic E-state index is 12.2. The number of nitrogens with zero attached hydrogens (tertiary/aromatic N) is 1. The number of sulfonamides is 1. The average Bonchev–Trinajstić information content (AvgIpc) is 2.95. The Morgan fingerprint density at radius 1 is 1.38 bits per heavy atom. The van der Waals surface area contributed by atoms with Crippen LogP contribution in [0.4, 0.5) is 0 Å². The number of hydrogen-bond acceptors (Lipinski definition) is 6. The number of pyridine rings is 1. The van der Waals surface area contributed by atoms with Crippen LogP contribution in [0.5, 0.6) is 5.88 Å². The lowest BCUT2D eigenvalue weighted by Crippen LogP contribution is -2.22. The zero-order chi connectivity index (χ0) is 15.3. The molecule has 21 heavy (non-hydrogen) atoms. The van der Waals surface area contributed by atoms with E-state index in [1.807, 2.05) is 0 Å². The Bertz CT molecular complexity index is 698. The first-order chi connectivity index (χ1) is 10.0. The van der Waals surface area contributed by atoms with Gasteiger partial charge in [-0.1, -0.05) is 0 Å². The topological polar surface area (TPSA) is 94.3 Å². The highest BCUT2D eigenvalue weighted by atomic mass is 32.2. The normalized spacial score (nSPS) is 11.5. The van der Waals surface area contributed by atoms with Crippen LogP contribution in [0.25, 0.3) is 0 Å². The van der Waals surface area contributed by atoms with Crippen molar-refractivity contribution in [2.24, 2.45) is 5.73 Å². The van der Waals surface area contributed by atoms with Gasteiger partial charge in [0.15, 0.2) is 0 Å². The van der Waals surface area contributed by atoms with Crippen LogP contribution in [-0.2, 0) is 23.0 Å². The van der Waals surface area contributed by atoms with E-state index in [-0.39, 0.29) is 6.54 Å². The molecule has 0 fully saturated rings. The zero-order valence-corrected chi connectivity index (χ0v) is 13.2. The van der Waals surface area contributed by atoms with Crippen molar-refractivity contribution < 1.29 is 13.2 Å². The molecule has 0 saturated heterocycles. The molecular formula is C13H17N3O3S2. The van der Waals surface area contributed by atoms with E-state index >= 15 is 0 Å². The molecule has 8 heteroatoms. The fraction of sp³-hybridized carbons (Fsp3) is 0.308. The lowest BCUT2D eigenvalue weighted by atomic mass is 10.3. The van der Waals surface area contributed by atoms with Gasteiger partial charge in [-0.2, -0.15) is 0 Å². The first-order valence-electron chi connectivity index (χ1n) is 6.32. The second-order valence-electron chi connectivity index (χ2n) is 4.29. The SMILES string of the molecule is COc1cc(CNS(=O)(=O)c2ccc(CCN)s2)ccn1. The van der Waals surface area contributed by atoms with E-state index in [9.17, 15) is 8.42 Å². The van der Waals surface area contributed by atoms with Crippen LogP contribution in [0, 0.1) is 0 Å². The van der Waals surface area contributed by atoms with Gasteiger partial charge in [-0.05, 0) is 36.7 Å². The third kappa shape index (κ3) is 4.24. The molecular weight excluding hydrogens is 310 g/mol. The molecule has 6 nitrogen and oxygen atoms in total. The van der Waals surface area contributed by atoms with E-state index in [1.54, 1.807) is 30.5 Å². The van der Waals surface area contributed by atoms with Crippen LogP contribution >= 0.6 is 11.3 Å². The molecule has 2 aromatic rings. The van der Waals surface area contributed by atoms with E-state index in [1.165, 1.54) is 18.4 Å². The Balaban J connectivity index is 2.06. The smallest absolute Gasteiger partial charge is 0.250 e. The number of ether oxygens (including phenoxy) is 1. The van der Waals surface area contributed by atoms with Gasteiger partial charge in [-0.15, -0.1) is 11.3 Å². The maximum atomic E-state index is 12.2. The molecule has 0 aliphatic rings. The maximum Gasteiger partial charge on any atom is 0.250 e. The molecule has 2 heterocycles. The minimum Gasteiger partial charge on any atom is -0.481 e. The molecule has 0 spiro atoms. The highest BCUT2D eigenvalue weighted by molar-refractivity contribution is 7.91. The summed E-state index contributed by atoms with van der Waals surface area (Å²) in [6.07, 6.45) is 2.26. The van der Waals surface area contributed by atoms with Crippen LogP contribution in [0.2, 0.25) is 0 Å². The largest absolute Gasteiger partial charge is 0.481 e. The van der Waals surface area contributed by atoms with Crippen molar-refractivity contribution in [3.05, 3.63) is 40.9 Å². The lowest BCUT2D eigenvalue weighted by Gasteiger charge is -2.06. The molecule has 0 aromatic carbocycles. The van der Waals surface area contributed by atoms with Crippen molar-refractivity contribution in [1.82, 2.24) is 9.71 Å². The number of rotatable bonds is 7. The zero-order valence-electron chi connectivity index (χ0n) is 11.6. The summed E-state index contributed by atoms with van der Waals surface area (Å²) in [5.41, 5.74) is 6.25. The van der Waals surface area contributed by atoms with Crippen molar-refractivity contribution >= 4 is 21.4 Å². The van der Waals surface area contributed by atoms with E-state index < -0.39 is 10.0 Å². The number of nitrogens with two attached hydrogens (primary N) is 1. The van der Waals surface area contributed by atoms with Gasteiger partial charge in [0.05, 0.1) is 7.11 Å². The Morgan fingerprint density at radius 2 is 2.19 bits per heavy atom. The average molecular weight is 327 g/mol. The van der Waals surface area contributed by atoms with Gasteiger partial charge in [0.1, 0.15) is 4.21 Å². The highest BCUT2D eigenvalue weighted by Gasteiger charge is 2.16. The van der Waals surface area contributed by atoms with Crippen molar-refractivity contribution in [3.63, 3.8) is 0 Å². The van der Waals surface area contributed by atoms with Crippen LogP contribution < -0.4 is 15.2 Å². The fourth-order valence-electron chi connectivity index (χ4n) is 1.70. The molecule has 0 amide bonds. The van der Waals surface area contributed by atoms with Crippen LogP contribution in [0.15, 0.2) is 34.7 Å². The molecule has 0 aliphatic carbocycles. The lowest BCUT2D eigenvalue weighted by molar-refractivity contribution is 0.397. The minimum atomic E-state index is -3.51. The predicted octanol–water partition coefficient (Wildman–Crippen LogP) is 1.13. The molecule has 0 unspecified atom stereocenters. The summed E-state index contributed by atoms with van der Waals surface area (Å²) in [5, 5.41) is 0. The Morgan fingerprint density at radius 3 is 2.90 bits per heavy atom. The Hall–Kier alpha value is -1.48. The first-order valence-corrected chi connectivity index (χ1v) is 8.62. The third-order valence-electron chi connectivity index (χ3n) is 2.77. The highest BCUT2D eigenvalue weighted by Crippen LogP contribution is 2.22. The van der Waals surface area contributed by atoms with Gasteiger partial charge >= 0.3 is 0 Å². The van der Waals surface area contributed by atoms with Crippen molar-refractivity contribution in [2.75, 3.05) is 13.7 Å². The summed E-state index contributed by atoms with van der Waals surface area (Å²) in [7, 11) is -1.99. The summed E-state index contributed by atoms with van der Waals surface area (Å²) < 4.78 is 32.3. The first kappa shape index (κ1) is 15.9. The minimum absolute atomic E-state index is 0.186. The van der Waals surface area contributed by atoms with Gasteiger partial charge in [0.2, 0.25) is 15.9 Å². The number of nitrogens with one attached hydrogen (secondary N) is 1. The van der Waals surface area contributed by atoms with Crippen LogP contribution in [0.3, 0.4) is 0 Å². The molecule has 0 radical (unpaired) electrons. The van der Waals surface area contributed by atoms with Gasteiger partial charge in [0, 0.05) is 23.7 Å². The molecule has 2 rings (SSSR count). The Kier molecular flexibility index (Phi) is 5.29. The van der Waals surface area contributed by atoms with Crippen molar-refractivity contribution in [3.8, 4) is 5.88 Å². The second-order valence-corrected chi connectivity index (χ2v) is 7.45. The van der Waals surface area contributed by atoms with E-state index in [4.69, 9.17) is 10.5 Å². The number of hydrogen-bond donors (Lipinski definition) is 2. The summed E-state index contributed by atoms with van der Waals surface area (Å²) in [6.45, 7) is 0.690. The Labute approximate surface area is 128 Å². The second kappa shape index (κ2) is 6.99. The monoisotopic (exact) mass is 327 g/mol. The molecule has 2 aromatic heterocycles. The fourth-order valence-corrected chi connectivity index (χ4v) is 4.13. The summed E-state index contributed by atoms with van der Waals surface area (Å²) >= 11 is 1.24. The van der Waals surface area contributed by atoms with Crippen LogP contribution in [0.1, 0.15) is 10.4 Å². The predicted molar refractivity (Wildman–Crippen MR) is 81.9 cm³/mol. The molecule has 114 valence electrons. The quantitative estimate of drug-likeness (QED) is 0.795. The molecule has 0 bridgehead atoms. The van der Waals surface area contributed by atoms with Gasteiger partial charge in [-0.3, -0.25) is 0 Å². The van der Waals surface area contributed by atoms with E-state index in [0.29, 0.717) is 23.1 Å². The summed E-state index contributed by atoms with van der Waals surface area (Å²) in [5.74, 6) is 0.452. The standard InChI is InChI=1S/C13H17N3O3S2/c1-19-12-8-10(5-7-15-12)9-16-21(17,18)13-3-2-11(20-13)4-6-14/h2-3,5,7-8,16H,4,6,9,14H2,1H3. The third-order valence-corrected chi connectivity index (χ3v) is 5.81. The molecule has 0 atom stereocenters. The van der Waals surface area contributed by atoms with E-state index in [0.717, 1.165) is 10.4 Å². The van der Waals surface area contributed by atoms with Gasteiger partial charge in [0.25, 0.3) is 0 Å².